The second-order valence-electron chi connectivity index (χ2n) is 8.48. The number of esters is 1. The first kappa shape index (κ1) is 22.8. The van der Waals surface area contributed by atoms with Crippen molar-refractivity contribution in [2.24, 2.45) is 17.8 Å². The Balaban J connectivity index is 1.51. The third-order valence-electron chi connectivity index (χ3n) is 5.96. The molecule has 0 radical (unpaired) electrons. The Morgan fingerprint density at radius 1 is 1.19 bits per heavy atom. The number of nitrogens with one attached hydrogen (secondary N) is 1. The van der Waals surface area contributed by atoms with Gasteiger partial charge in [-0.1, -0.05) is 6.92 Å². The van der Waals surface area contributed by atoms with Crippen LogP contribution in [0.3, 0.4) is 0 Å². The fourth-order valence-corrected chi connectivity index (χ4v) is 3.87. The summed E-state index contributed by atoms with van der Waals surface area (Å²) in [7, 11) is 1.58. The van der Waals surface area contributed by atoms with Gasteiger partial charge in [-0.25, -0.2) is 0 Å². The molecule has 1 N–H and O–H groups in total. The molecule has 168 valence electrons. The van der Waals surface area contributed by atoms with Gasteiger partial charge in [0.1, 0.15) is 0 Å². The highest BCUT2D eigenvalue weighted by atomic mass is 16.5. The number of carbonyl (C=O) groups is 4. The lowest BCUT2D eigenvalue weighted by molar-refractivity contribution is -0.151. The third kappa shape index (κ3) is 5.83. The van der Waals surface area contributed by atoms with Crippen LogP contribution in [-0.2, 0) is 19.1 Å². The Bertz CT molecular complexity index is 838. The molecule has 1 heterocycles. The highest BCUT2D eigenvalue weighted by Gasteiger charge is 2.39. The smallest absolute Gasteiger partial charge is 0.310 e. The van der Waals surface area contributed by atoms with E-state index in [0.717, 1.165) is 12.8 Å². The van der Waals surface area contributed by atoms with Gasteiger partial charge in [0.25, 0.3) is 5.91 Å². The molecule has 1 aliphatic heterocycles. The van der Waals surface area contributed by atoms with E-state index in [1.165, 1.54) is 4.90 Å². The number of hydrogen-bond acceptors (Lipinski definition) is 5. The lowest BCUT2D eigenvalue weighted by atomic mass is 9.98. The average Bonchev–Trinajstić information content (AvgIpc) is 3.50. The number of benzene rings is 1. The number of anilines is 1. The maximum atomic E-state index is 12.7. The number of nitrogens with zero attached hydrogens (tertiary/aromatic N) is 2. The lowest BCUT2D eigenvalue weighted by Crippen LogP contribution is -2.47. The molecule has 8 heteroatoms. The molecule has 1 saturated carbocycles. The van der Waals surface area contributed by atoms with Gasteiger partial charge in [0.05, 0.1) is 19.1 Å². The first-order valence-corrected chi connectivity index (χ1v) is 10.9. The van der Waals surface area contributed by atoms with Crippen molar-refractivity contribution >= 4 is 29.4 Å². The fourth-order valence-electron chi connectivity index (χ4n) is 3.87. The largest absolute Gasteiger partial charge is 0.466 e. The molecule has 3 unspecified atom stereocenters. The highest BCUT2D eigenvalue weighted by Crippen LogP contribution is 2.38. The topological polar surface area (TPSA) is 96.0 Å². The molecule has 1 saturated heterocycles. The molecule has 0 aromatic heterocycles. The van der Waals surface area contributed by atoms with Gasteiger partial charge >= 0.3 is 5.97 Å². The Morgan fingerprint density at radius 2 is 1.87 bits per heavy atom. The van der Waals surface area contributed by atoms with Gasteiger partial charge in [-0.3, -0.25) is 19.2 Å². The van der Waals surface area contributed by atoms with E-state index in [4.69, 9.17) is 4.74 Å². The molecule has 3 rings (SSSR count). The van der Waals surface area contributed by atoms with Crippen LogP contribution in [0.5, 0.6) is 0 Å². The number of hydrogen-bond donors (Lipinski definition) is 1. The summed E-state index contributed by atoms with van der Waals surface area (Å²) >= 11 is 0. The summed E-state index contributed by atoms with van der Waals surface area (Å²) in [4.78, 5) is 52.4. The van der Waals surface area contributed by atoms with E-state index in [-0.39, 0.29) is 42.1 Å². The normalized spacial score (nSPS) is 22.4. The van der Waals surface area contributed by atoms with Gasteiger partial charge < -0.3 is 19.9 Å². The number of carbonyl (C=O) groups excluding carboxylic acids is 4. The number of likely N-dealkylation sites (tertiary alicyclic amines) is 1. The minimum atomic E-state index is -0.306. The zero-order valence-corrected chi connectivity index (χ0v) is 18.4. The van der Waals surface area contributed by atoms with Crippen LogP contribution in [0.1, 0.15) is 43.5 Å². The van der Waals surface area contributed by atoms with E-state index < -0.39 is 0 Å². The van der Waals surface area contributed by atoms with E-state index >= 15 is 0 Å². The van der Waals surface area contributed by atoms with Crippen molar-refractivity contribution in [3.05, 3.63) is 29.8 Å². The maximum absolute atomic E-state index is 12.7. The molecule has 2 fully saturated rings. The van der Waals surface area contributed by atoms with Gasteiger partial charge in [-0.2, -0.15) is 0 Å². The monoisotopic (exact) mass is 429 g/mol. The Hall–Kier alpha value is -2.90. The molecule has 0 bridgehead atoms. The number of likely N-dealkylation sites (N-methyl/N-ethyl adjacent to an activating group) is 1. The minimum Gasteiger partial charge on any atom is -0.466 e. The number of piperidine rings is 1. The number of rotatable bonds is 7. The Labute approximate surface area is 182 Å². The summed E-state index contributed by atoms with van der Waals surface area (Å²) in [6.45, 7) is 4.97. The van der Waals surface area contributed by atoms with Crippen LogP contribution in [0.25, 0.3) is 0 Å². The summed E-state index contributed by atoms with van der Waals surface area (Å²) < 4.78 is 5.07. The molecule has 1 aromatic carbocycles. The lowest BCUT2D eigenvalue weighted by Gasteiger charge is -2.32. The summed E-state index contributed by atoms with van der Waals surface area (Å²) in [5.41, 5.74) is 1.09. The van der Waals surface area contributed by atoms with E-state index in [2.05, 4.69) is 5.32 Å². The van der Waals surface area contributed by atoms with E-state index in [1.807, 2.05) is 6.92 Å². The molecule has 0 spiro atoms. The van der Waals surface area contributed by atoms with Crippen LogP contribution in [0.2, 0.25) is 0 Å². The van der Waals surface area contributed by atoms with Crippen LogP contribution in [0.15, 0.2) is 24.3 Å². The van der Waals surface area contributed by atoms with Gasteiger partial charge in [0, 0.05) is 37.3 Å². The Kier molecular flexibility index (Phi) is 7.30. The summed E-state index contributed by atoms with van der Waals surface area (Å²) in [6.07, 6.45) is 2.36. The van der Waals surface area contributed by atoms with Gasteiger partial charge in [-0.05, 0) is 56.4 Å². The molecule has 1 aromatic rings. The van der Waals surface area contributed by atoms with Gasteiger partial charge in [-0.15, -0.1) is 0 Å². The quantitative estimate of drug-likeness (QED) is 0.670. The number of amides is 3. The minimum absolute atomic E-state index is 0.0111. The standard InChI is InChI=1S/C23H31N3O5/c1-4-31-23(30)17-6-5-11-26(13-17)20(27)14-25(3)22(29)16-7-9-18(10-8-16)24-21(28)19-12-15(19)2/h7-10,15,17,19H,4-6,11-14H2,1-3H3,(H,24,28). The van der Waals surface area contributed by atoms with Crippen molar-refractivity contribution in [2.75, 3.05) is 38.6 Å². The zero-order chi connectivity index (χ0) is 22.5. The predicted octanol–water partition coefficient (Wildman–Crippen LogP) is 2.15. The average molecular weight is 430 g/mol. The van der Waals surface area contributed by atoms with Crippen molar-refractivity contribution in [1.82, 2.24) is 9.80 Å². The SMILES string of the molecule is CCOC(=O)C1CCCN(C(=O)CN(C)C(=O)c2ccc(NC(=O)C3CC3C)cc2)C1. The van der Waals surface area contributed by atoms with E-state index in [1.54, 1.807) is 43.1 Å². The molecular weight excluding hydrogens is 398 g/mol. The number of ether oxygens (including phenoxy) is 1. The van der Waals surface area contributed by atoms with Crippen LogP contribution in [0, 0.1) is 17.8 Å². The molecular formula is C23H31N3O5. The van der Waals surface area contributed by atoms with Crippen molar-refractivity contribution in [3.63, 3.8) is 0 Å². The molecule has 3 amide bonds. The Morgan fingerprint density at radius 3 is 2.48 bits per heavy atom. The van der Waals surface area contributed by atoms with Crippen molar-refractivity contribution in [2.45, 2.75) is 33.1 Å². The fraction of sp³-hybridized carbons (Fsp3) is 0.565. The molecule has 31 heavy (non-hydrogen) atoms. The molecule has 2 aliphatic rings. The third-order valence-corrected chi connectivity index (χ3v) is 5.96. The van der Waals surface area contributed by atoms with Crippen LogP contribution in [0.4, 0.5) is 5.69 Å². The van der Waals surface area contributed by atoms with Crippen LogP contribution in [-0.4, -0.2) is 66.8 Å². The van der Waals surface area contributed by atoms with Crippen LogP contribution < -0.4 is 5.32 Å². The zero-order valence-electron chi connectivity index (χ0n) is 18.4. The van der Waals surface area contributed by atoms with E-state index in [0.29, 0.717) is 43.3 Å². The molecule has 8 nitrogen and oxygen atoms in total. The van der Waals surface area contributed by atoms with E-state index in [9.17, 15) is 19.2 Å². The second kappa shape index (κ2) is 9.94. The van der Waals surface area contributed by atoms with Crippen LogP contribution >= 0.6 is 0 Å². The molecule has 1 aliphatic carbocycles. The molecule has 3 atom stereocenters. The van der Waals surface area contributed by atoms with Crippen molar-refractivity contribution < 1.29 is 23.9 Å². The van der Waals surface area contributed by atoms with Crippen molar-refractivity contribution in [3.8, 4) is 0 Å². The maximum Gasteiger partial charge on any atom is 0.310 e. The van der Waals surface area contributed by atoms with Crippen molar-refractivity contribution in [1.29, 1.82) is 0 Å². The highest BCUT2D eigenvalue weighted by molar-refractivity contribution is 5.98. The first-order chi connectivity index (χ1) is 14.8. The summed E-state index contributed by atoms with van der Waals surface area (Å²) in [5, 5.41) is 2.86. The second-order valence-corrected chi connectivity index (χ2v) is 8.48. The van der Waals surface area contributed by atoms with Gasteiger partial charge in [0.2, 0.25) is 11.8 Å². The first-order valence-electron chi connectivity index (χ1n) is 10.9. The predicted molar refractivity (Wildman–Crippen MR) is 115 cm³/mol. The summed E-state index contributed by atoms with van der Waals surface area (Å²) in [5.74, 6) is -0.519. The summed E-state index contributed by atoms with van der Waals surface area (Å²) in [6, 6.07) is 6.69. The van der Waals surface area contributed by atoms with Gasteiger partial charge in [0.15, 0.2) is 0 Å².